The normalized spacial score (nSPS) is 26.2. The van der Waals surface area contributed by atoms with Crippen molar-refractivity contribution in [2.45, 2.75) is 38.6 Å². The molecule has 1 atom stereocenters. The number of morpholine rings is 1. The second-order valence-corrected chi connectivity index (χ2v) is 5.71. The first-order valence-electron chi connectivity index (χ1n) is 7.43. The monoisotopic (exact) mass is 284 g/mol. The highest BCUT2D eigenvalue weighted by molar-refractivity contribution is 5.88. The Labute approximate surface area is 119 Å². The van der Waals surface area contributed by atoms with Gasteiger partial charge in [0.15, 0.2) is 6.04 Å². The van der Waals surface area contributed by atoms with Crippen molar-refractivity contribution in [1.29, 1.82) is 0 Å². The van der Waals surface area contributed by atoms with Gasteiger partial charge in [0.1, 0.15) is 0 Å². The Morgan fingerprint density at radius 2 is 2.10 bits per heavy atom. The smallest absolute Gasteiger partial charge is 0.328 e. The fraction of sp³-hybridized carbons (Fsp3) is 0.857. The Bertz CT molecular complexity index is 361. The molecule has 1 unspecified atom stereocenters. The van der Waals surface area contributed by atoms with E-state index in [0.717, 1.165) is 38.8 Å². The lowest BCUT2D eigenvalue weighted by Crippen LogP contribution is -2.58. The number of hydrogen-bond acceptors (Lipinski definition) is 4. The highest BCUT2D eigenvalue weighted by Gasteiger charge is 2.45. The van der Waals surface area contributed by atoms with E-state index < -0.39 is 12.0 Å². The summed E-state index contributed by atoms with van der Waals surface area (Å²) in [4.78, 5) is 25.8. The molecule has 0 aromatic heterocycles. The first-order chi connectivity index (χ1) is 9.60. The van der Waals surface area contributed by atoms with Crippen LogP contribution in [0.3, 0.4) is 0 Å². The Morgan fingerprint density at radius 1 is 1.40 bits per heavy atom. The molecule has 0 aliphatic carbocycles. The van der Waals surface area contributed by atoms with Crippen LogP contribution in [0.5, 0.6) is 0 Å². The summed E-state index contributed by atoms with van der Waals surface area (Å²) in [6, 6.07) is -0.833. The van der Waals surface area contributed by atoms with Gasteiger partial charge in [0.25, 0.3) is 0 Å². The maximum atomic E-state index is 13.0. The van der Waals surface area contributed by atoms with Gasteiger partial charge in [-0.25, -0.2) is 4.79 Å². The molecule has 6 nitrogen and oxygen atoms in total. The van der Waals surface area contributed by atoms with Crippen LogP contribution in [0.1, 0.15) is 32.6 Å². The number of piperidine rings is 1. The van der Waals surface area contributed by atoms with E-state index in [1.165, 1.54) is 4.90 Å². The minimum absolute atomic E-state index is 0.0107. The van der Waals surface area contributed by atoms with Gasteiger partial charge in [-0.2, -0.15) is 0 Å². The van der Waals surface area contributed by atoms with Crippen molar-refractivity contribution in [2.75, 3.05) is 32.8 Å². The topological polar surface area (TPSA) is 78.9 Å². The number of rotatable bonds is 4. The van der Waals surface area contributed by atoms with Gasteiger partial charge >= 0.3 is 5.97 Å². The summed E-state index contributed by atoms with van der Waals surface area (Å²) in [5, 5.41) is 12.6. The third-order valence-electron chi connectivity index (χ3n) is 4.42. The Hall–Kier alpha value is -1.14. The molecule has 2 aliphatic rings. The molecule has 0 saturated carbocycles. The maximum absolute atomic E-state index is 13.0. The zero-order valence-electron chi connectivity index (χ0n) is 12.1. The van der Waals surface area contributed by atoms with E-state index in [1.807, 2.05) is 0 Å². The van der Waals surface area contributed by atoms with Crippen LogP contribution in [-0.2, 0) is 14.3 Å². The maximum Gasteiger partial charge on any atom is 0.328 e. The number of ether oxygens (including phenoxy) is 1. The van der Waals surface area contributed by atoms with Crippen LogP contribution in [0.15, 0.2) is 0 Å². The molecule has 2 N–H and O–H groups in total. The predicted octanol–water partition coefficient (Wildman–Crippen LogP) is 0.468. The molecule has 0 radical (unpaired) electrons. The predicted molar refractivity (Wildman–Crippen MR) is 73.4 cm³/mol. The molecule has 2 heterocycles. The summed E-state index contributed by atoms with van der Waals surface area (Å²) >= 11 is 0. The third-order valence-corrected chi connectivity index (χ3v) is 4.42. The lowest BCUT2D eigenvalue weighted by molar-refractivity contribution is -0.165. The van der Waals surface area contributed by atoms with Crippen molar-refractivity contribution in [1.82, 2.24) is 10.2 Å². The zero-order chi connectivity index (χ0) is 14.6. The molecule has 0 spiro atoms. The first kappa shape index (κ1) is 15.3. The lowest BCUT2D eigenvalue weighted by Gasteiger charge is -2.43. The van der Waals surface area contributed by atoms with Gasteiger partial charge in [-0.05, 0) is 32.4 Å². The third kappa shape index (κ3) is 2.96. The molecule has 2 aliphatic heterocycles. The van der Waals surface area contributed by atoms with Crippen LogP contribution in [0, 0.1) is 5.41 Å². The molecule has 2 rings (SSSR count). The van der Waals surface area contributed by atoms with Gasteiger partial charge in [0.2, 0.25) is 5.91 Å². The molecule has 6 heteroatoms. The second-order valence-electron chi connectivity index (χ2n) is 5.71. The first-order valence-corrected chi connectivity index (χ1v) is 7.43. The summed E-state index contributed by atoms with van der Waals surface area (Å²) in [6.07, 6.45) is 3.36. The van der Waals surface area contributed by atoms with Gasteiger partial charge in [0.05, 0.1) is 18.6 Å². The van der Waals surface area contributed by atoms with E-state index in [4.69, 9.17) is 4.74 Å². The van der Waals surface area contributed by atoms with E-state index >= 15 is 0 Å². The molecule has 0 aromatic rings. The van der Waals surface area contributed by atoms with Gasteiger partial charge in [-0.3, -0.25) is 4.79 Å². The van der Waals surface area contributed by atoms with Crippen molar-refractivity contribution in [3.63, 3.8) is 0 Å². The summed E-state index contributed by atoms with van der Waals surface area (Å²) in [6.45, 7) is 4.64. The second kappa shape index (κ2) is 6.54. The number of nitrogens with one attached hydrogen (secondary N) is 1. The SMILES string of the molecule is CCCC1(C(=O)N2CCOCC2C(=O)O)CCNCC1. The van der Waals surface area contributed by atoms with Crippen molar-refractivity contribution in [3.8, 4) is 0 Å². The van der Waals surface area contributed by atoms with E-state index in [9.17, 15) is 14.7 Å². The number of aliphatic carboxylic acids is 1. The fourth-order valence-corrected chi connectivity index (χ4v) is 3.31. The van der Waals surface area contributed by atoms with Crippen LogP contribution >= 0.6 is 0 Å². The fourth-order valence-electron chi connectivity index (χ4n) is 3.31. The molecular weight excluding hydrogens is 260 g/mol. The van der Waals surface area contributed by atoms with E-state index in [1.54, 1.807) is 0 Å². The largest absolute Gasteiger partial charge is 0.480 e. The van der Waals surface area contributed by atoms with E-state index in [-0.39, 0.29) is 17.9 Å². The molecule has 20 heavy (non-hydrogen) atoms. The summed E-state index contributed by atoms with van der Waals surface area (Å²) in [5.74, 6) is -0.963. The summed E-state index contributed by atoms with van der Waals surface area (Å²) in [7, 11) is 0. The van der Waals surface area contributed by atoms with Gasteiger partial charge in [-0.1, -0.05) is 13.3 Å². The van der Waals surface area contributed by atoms with Gasteiger partial charge < -0.3 is 20.1 Å². The zero-order valence-corrected chi connectivity index (χ0v) is 12.1. The van der Waals surface area contributed by atoms with Crippen molar-refractivity contribution in [3.05, 3.63) is 0 Å². The van der Waals surface area contributed by atoms with Crippen molar-refractivity contribution in [2.24, 2.45) is 5.41 Å². The van der Waals surface area contributed by atoms with E-state index in [2.05, 4.69) is 12.2 Å². The number of carboxylic acids is 1. The van der Waals surface area contributed by atoms with Crippen LogP contribution in [0.25, 0.3) is 0 Å². The summed E-state index contributed by atoms with van der Waals surface area (Å²) in [5.41, 5.74) is -0.384. The molecule has 114 valence electrons. The van der Waals surface area contributed by atoms with Crippen molar-refractivity contribution >= 4 is 11.9 Å². The van der Waals surface area contributed by atoms with Crippen molar-refractivity contribution < 1.29 is 19.4 Å². The standard InChI is InChI=1S/C14H24N2O4/c1-2-3-14(4-6-15-7-5-14)13(19)16-8-9-20-10-11(16)12(17)18/h11,15H,2-10H2,1H3,(H,17,18). The highest BCUT2D eigenvalue weighted by atomic mass is 16.5. The van der Waals surface area contributed by atoms with E-state index in [0.29, 0.717) is 13.2 Å². The highest BCUT2D eigenvalue weighted by Crippen LogP contribution is 2.37. The van der Waals surface area contributed by atoms with Gasteiger partial charge in [0, 0.05) is 6.54 Å². The number of carboxylic acid groups (broad SMARTS) is 1. The van der Waals surface area contributed by atoms with Crippen LogP contribution in [0.2, 0.25) is 0 Å². The Morgan fingerprint density at radius 3 is 2.70 bits per heavy atom. The molecule has 0 aromatic carbocycles. The van der Waals surface area contributed by atoms with Gasteiger partial charge in [-0.15, -0.1) is 0 Å². The number of hydrogen-bond donors (Lipinski definition) is 2. The lowest BCUT2D eigenvalue weighted by atomic mass is 9.74. The Balaban J connectivity index is 2.18. The van der Waals surface area contributed by atoms with Crippen LogP contribution in [-0.4, -0.2) is 60.8 Å². The summed E-state index contributed by atoms with van der Waals surface area (Å²) < 4.78 is 5.22. The number of carbonyl (C=O) groups excluding carboxylic acids is 1. The number of amides is 1. The Kier molecular flexibility index (Phi) is 4.99. The molecule has 2 saturated heterocycles. The molecule has 0 bridgehead atoms. The molecule has 1 amide bonds. The van der Waals surface area contributed by atoms with Crippen LogP contribution in [0.4, 0.5) is 0 Å². The number of carbonyl (C=O) groups is 2. The average molecular weight is 284 g/mol. The molecule has 2 fully saturated rings. The minimum atomic E-state index is -0.973. The average Bonchev–Trinajstić information content (AvgIpc) is 2.47. The number of nitrogens with zero attached hydrogens (tertiary/aromatic N) is 1. The van der Waals surface area contributed by atoms with Crippen LogP contribution < -0.4 is 5.32 Å². The minimum Gasteiger partial charge on any atom is -0.480 e. The quantitative estimate of drug-likeness (QED) is 0.784. The molecular formula is C14H24N2O4.